The fourth-order valence-electron chi connectivity index (χ4n) is 4.41. The zero-order chi connectivity index (χ0) is 18.8. The fraction of sp³-hybridized carbons (Fsp3) is 0.435. The summed E-state index contributed by atoms with van der Waals surface area (Å²) in [6, 6.07) is 17.0. The lowest BCUT2D eigenvalue weighted by Gasteiger charge is -2.28. The van der Waals surface area contributed by atoms with E-state index in [1.54, 1.807) is 14.2 Å². The first kappa shape index (κ1) is 17.9. The summed E-state index contributed by atoms with van der Waals surface area (Å²) in [6.45, 7) is 0.831. The van der Waals surface area contributed by atoms with Crippen LogP contribution in [0.3, 0.4) is 0 Å². The van der Waals surface area contributed by atoms with Gasteiger partial charge in [0.05, 0.1) is 14.2 Å². The molecule has 1 amide bonds. The molecule has 1 aliphatic heterocycles. The minimum Gasteiger partial charge on any atom is -0.493 e. The number of likely N-dealkylation sites (tertiary alicyclic amines) is 1. The minimum atomic E-state index is 0.291. The topological polar surface area (TPSA) is 38.8 Å². The van der Waals surface area contributed by atoms with E-state index < -0.39 is 0 Å². The van der Waals surface area contributed by atoms with E-state index >= 15 is 0 Å². The quantitative estimate of drug-likeness (QED) is 0.716. The smallest absolute Gasteiger partial charge is 0.226 e. The molecule has 4 heteroatoms. The van der Waals surface area contributed by atoms with E-state index in [4.69, 9.17) is 9.47 Å². The van der Waals surface area contributed by atoms with Gasteiger partial charge in [-0.1, -0.05) is 36.4 Å². The van der Waals surface area contributed by atoms with Crippen molar-refractivity contribution < 1.29 is 14.3 Å². The first-order valence-electron chi connectivity index (χ1n) is 9.76. The lowest BCUT2D eigenvalue weighted by molar-refractivity contribution is -0.131. The van der Waals surface area contributed by atoms with Crippen molar-refractivity contribution in [1.82, 2.24) is 4.90 Å². The van der Waals surface area contributed by atoms with Gasteiger partial charge in [0, 0.05) is 18.5 Å². The van der Waals surface area contributed by atoms with E-state index in [1.807, 2.05) is 18.2 Å². The zero-order valence-corrected chi connectivity index (χ0v) is 16.1. The molecule has 0 aromatic heterocycles. The number of methoxy groups -OCH3 is 2. The van der Waals surface area contributed by atoms with Crippen LogP contribution in [-0.2, 0) is 17.6 Å². The number of nitrogens with zero attached hydrogens (tertiary/aromatic N) is 1. The van der Waals surface area contributed by atoms with Crippen molar-refractivity contribution in [2.45, 2.75) is 31.7 Å². The van der Waals surface area contributed by atoms with Crippen LogP contribution in [0.4, 0.5) is 0 Å². The Kier molecular flexibility index (Phi) is 5.06. The molecule has 0 spiro atoms. The first-order chi connectivity index (χ1) is 13.2. The highest BCUT2D eigenvalue weighted by Crippen LogP contribution is 2.51. The molecule has 2 aromatic rings. The summed E-state index contributed by atoms with van der Waals surface area (Å²) in [6.07, 6.45) is 3.95. The molecule has 0 bridgehead atoms. The molecule has 1 heterocycles. The van der Waals surface area contributed by atoms with Crippen LogP contribution in [-0.4, -0.2) is 37.6 Å². The summed E-state index contributed by atoms with van der Waals surface area (Å²) >= 11 is 0. The van der Waals surface area contributed by atoms with Gasteiger partial charge in [-0.15, -0.1) is 0 Å². The Morgan fingerprint density at radius 3 is 2.52 bits per heavy atom. The molecule has 0 N–H and O–H groups in total. The van der Waals surface area contributed by atoms with Crippen LogP contribution in [0.15, 0.2) is 48.5 Å². The molecular weight excluding hydrogens is 338 g/mol. The molecule has 142 valence electrons. The van der Waals surface area contributed by atoms with E-state index in [2.05, 4.69) is 35.2 Å². The van der Waals surface area contributed by atoms with Crippen LogP contribution < -0.4 is 9.47 Å². The number of rotatable bonds is 8. The highest BCUT2D eigenvalue weighted by molar-refractivity contribution is 5.85. The standard InChI is InChI=1S/C23H27NO3/c1-26-21-11-10-17(14-22(21)27-2)9-6-12-24-20(18-15-19(18)23(24)25)13-16-7-4-3-5-8-16/h3-5,7-8,10-11,14,18-20H,6,9,12-13,15H2,1-2H3/t18-,19+,20-/m0/s1. The molecule has 1 saturated heterocycles. The Labute approximate surface area is 161 Å². The maximum Gasteiger partial charge on any atom is 0.226 e. The zero-order valence-electron chi connectivity index (χ0n) is 16.1. The lowest BCUT2D eigenvalue weighted by Crippen LogP contribution is -2.39. The number of aryl methyl sites for hydroxylation is 1. The largest absolute Gasteiger partial charge is 0.493 e. The molecule has 1 saturated carbocycles. The summed E-state index contributed by atoms with van der Waals surface area (Å²) in [4.78, 5) is 14.8. The van der Waals surface area contributed by atoms with E-state index in [1.165, 1.54) is 11.1 Å². The van der Waals surface area contributed by atoms with Gasteiger partial charge in [0.1, 0.15) is 0 Å². The summed E-state index contributed by atoms with van der Waals surface area (Å²) in [5, 5.41) is 0. The Balaban J connectivity index is 1.37. The third-order valence-corrected chi connectivity index (χ3v) is 5.93. The highest BCUT2D eigenvalue weighted by Gasteiger charge is 2.57. The molecule has 1 aliphatic carbocycles. The van der Waals surface area contributed by atoms with Crippen molar-refractivity contribution in [3.63, 3.8) is 0 Å². The van der Waals surface area contributed by atoms with Gasteiger partial charge in [0.25, 0.3) is 0 Å². The van der Waals surface area contributed by atoms with Crippen LogP contribution in [0.1, 0.15) is 24.0 Å². The third-order valence-electron chi connectivity index (χ3n) is 5.93. The molecular formula is C23H27NO3. The van der Waals surface area contributed by atoms with Crippen LogP contribution in [0, 0.1) is 11.8 Å². The predicted molar refractivity (Wildman–Crippen MR) is 105 cm³/mol. The van der Waals surface area contributed by atoms with Gasteiger partial charge in [-0.25, -0.2) is 0 Å². The van der Waals surface area contributed by atoms with E-state index in [9.17, 15) is 4.79 Å². The van der Waals surface area contributed by atoms with E-state index in [0.717, 1.165) is 43.7 Å². The summed E-state index contributed by atoms with van der Waals surface area (Å²) < 4.78 is 10.7. The number of hydrogen-bond acceptors (Lipinski definition) is 3. The minimum absolute atomic E-state index is 0.291. The van der Waals surface area contributed by atoms with Gasteiger partial charge < -0.3 is 14.4 Å². The second-order valence-corrected chi connectivity index (χ2v) is 7.59. The Morgan fingerprint density at radius 2 is 1.78 bits per heavy atom. The Morgan fingerprint density at radius 1 is 1.00 bits per heavy atom. The SMILES string of the molecule is COc1ccc(CCCN2C(=O)[C@@H]3C[C@@H]3[C@@H]2Cc2ccccc2)cc1OC. The molecule has 4 nitrogen and oxygen atoms in total. The van der Waals surface area contributed by atoms with Crippen LogP contribution in [0.25, 0.3) is 0 Å². The molecule has 4 rings (SSSR count). The third kappa shape index (κ3) is 3.66. The summed E-state index contributed by atoms with van der Waals surface area (Å²) in [5.74, 6) is 2.74. The second-order valence-electron chi connectivity index (χ2n) is 7.59. The van der Waals surface area contributed by atoms with Gasteiger partial charge in [0.2, 0.25) is 5.91 Å². The number of carbonyl (C=O) groups is 1. The van der Waals surface area contributed by atoms with Crippen molar-refractivity contribution in [3.8, 4) is 11.5 Å². The normalized spacial score (nSPS) is 23.3. The molecule has 2 aliphatic rings. The molecule has 0 unspecified atom stereocenters. The maximum atomic E-state index is 12.7. The maximum absolute atomic E-state index is 12.7. The van der Waals surface area contributed by atoms with Crippen LogP contribution >= 0.6 is 0 Å². The number of carbonyl (C=O) groups excluding carboxylic acids is 1. The van der Waals surface area contributed by atoms with E-state index in [-0.39, 0.29) is 0 Å². The fourth-order valence-corrected chi connectivity index (χ4v) is 4.41. The van der Waals surface area contributed by atoms with Gasteiger partial charge in [0.15, 0.2) is 11.5 Å². The van der Waals surface area contributed by atoms with Gasteiger partial charge in [-0.05, 0) is 54.9 Å². The lowest BCUT2D eigenvalue weighted by atomic mass is 10.0. The van der Waals surface area contributed by atoms with Crippen molar-refractivity contribution in [2.24, 2.45) is 11.8 Å². The number of fused-ring (bicyclic) bond motifs is 1. The number of benzene rings is 2. The van der Waals surface area contributed by atoms with Gasteiger partial charge in [-0.2, -0.15) is 0 Å². The molecule has 27 heavy (non-hydrogen) atoms. The van der Waals surface area contributed by atoms with Crippen molar-refractivity contribution in [3.05, 3.63) is 59.7 Å². The van der Waals surface area contributed by atoms with Crippen molar-refractivity contribution >= 4 is 5.91 Å². The summed E-state index contributed by atoms with van der Waals surface area (Å²) in [7, 11) is 3.31. The van der Waals surface area contributed by atoms with Gasteiger partial charge >= 0.3 is 0 Å². The molecule has 2 aromatic carbocycles. The average molecular weight is 365 g/mol. The Bertz CT molecular complexity index is 805. The predicted octanol–water partition coefficient (Wildman–Crippen LogP) is 3.73. The van der Waals surface area contributed by atoms with Crippen molar-refractivity contribution in [1.29, 1.82) is 0 Å². The van der Waals surface area contributed by atoms with Gasteiger partial charge in [-0.3, -0.25) is 4.79 Å². The average Bonchev–Trinajstić information content (AvgIpc) is 3.46. The second kappa shape index (κ2) is 7.63. The number of amides is 1. The van der Waals surface area contributed by atoms with Crippen LogP contribution in [0.5, 0.6) is 11.5 Å². The highest BCUT2D eigenvalue weighted by atomic mass is 16.5. The first-order valence-corrected chi connectivity index (χ1v) is 9.76. The molecule has 2 fully saturated rings. The molecule has 3 atom stereocenters. The summed E-state index contributed by atoms with van der Waals surface area (Å²) in [5.41, 5.74) is 2.54. The van der Waals surface area contributed by atoms with Crippen molar-refractivity contribution in [2.75, 3.05) is 20.8 Å². The molecule has 0 radical (unpaired) electrons. The monoisotopic (exact) mass is 365 g/mol. The van der Waals surface area contributed by atoms with E-state index in [0.29, 0.717) is 23.8 Å². The Hall–Kier alpha value is -2.49. The number of ether oxygens (including phenoxy) is 2. The van der Waals surface area contributed by atoms with Crippen LogP contribution in [0.2, 0.25) is 0 Å². The number of piperidine rings is 1. The number of hydrogen-bond donors (Lipinski definition) is 0.